The largest absolute Gasteiger partial charge is 0.349 e. The number of rotatable bonds is 6. The lowest BCUT2D eigenvalue weighted by molar-refractivity contribution is 0.0933. The average Bonchev–Trinajstić information content (AvgIpc) is 2.36. The number of carbonyl (C=O) groups is 1. The molecular weight excluding hydrogens is 380 g/mol. The molecule has 0 aliphatic rings. The molecule has 0 fully saturated rings. The zero-order valence-corrected chi connectivity index (χ0v) is 15.0. The summed E-state index contributed by atoms with van der Waals surface area (Å²) in [5.41, 5.74) is 0.0958. The highest BCUT2D eigenvalue weighted by molar-refractivity contribution is 9.10. The van der Waals surface area contributed by atoms with Crippen molar-refractivity contribution in [1.82, 2.24) is 5.32 Å². The second kappa shape index (κ2) is 7.58. The molecule has 1 aromatic carbocycles. The lowest BCUT2D eigenvalue weighted by Gasteiger charge is -2.17. The number of benzene rings is 1. The molecule has 0 aromatic heterocycles. The summed E-state index contributed by atoms with van der Waals surface area (Å²) in [5, 5.41) is 8.13. The molecule has 5 nitrogen and oxygen atoms in total. The SMILES string of the molecule is CCCC(CC)NC(=O)c1cc(S(N)(=O)=O)c(Br)cc1Cl. The maximum Gasteiger partial charge on any atom is 0.253 e. The minimum Gasteiger partial charge on any atom is -0.349 e. The molecule has 1 amide bonds. The van der Waals surface area contributed by atoms with Gasteiger partial charge in [-0.2, -0.15) is 0 Å². The van der Waals surface area contributed by atoms with Gasteiger partial charge in [-0.25, -0.2) is 13.6 Å². The third-order valence-electron chi connectivity index (χ3n) is 3.04. The van der Waals surface area contributed by atoms with Crippen LogP contribution in [0.1, 0.15) is 43.5 Å². The summed E-state index contributed by atoms with van der Waals surface area (Å²) in [6, 6.07) is 2.58. The van der Waals surface area contributed by atoms with Crippen molar-refractivity contribution in [3.05, 3.63) is 27.2 Å². The van der Waals surface area contributed by atoms with Crippen LogP contribution in [0.25, 0.3) is 0 Å². The van der Waals surface area contributed by atoms with Gasteiger partial charge in [0.05, 0.1) is 15.5 Å². The molecule has 0 bridgehead atoms. The highest BCUT2D eigenvalue weighted by atomic mass is 79.9. The fourth-order valence-corrected chi connectivity index (χ4v) is 3.93. The zero-order valence-electron chi connectivity index (χ0n) is 11.8. The van der Waals surface area contributed by atoms with E-state index in [1.54, 1.807) is 0 Å². The Morgan fingerprint density at radius 2 is 2.05 bits per heavy atom. The van der Waals surface area contributed by atoms with Crippen LogP contribution < -0.4 is 10.5 Å². The van der Waals surface area contributed by atoms with Crippen molar-refractivity contribution in [3.63, 3.8) is 0 Å². The highest BCUT2D eigenvalue weighted by Crippen LogP contribution is 2.28. The summed E-state index contributed by atoms with van der Waals surface area (Å²) >= 11 is 9.10. The summed E-state index contributed by atoms with van der Waals surface area (Å²) < 4.78 is 23.2. The van der Waals surface area contributed by atoms with E-state index in [4.69, 9.17) is 16.7 Å². The van der Waals surface area contributed by atoms with Crippen molar-refractivity contribution >= 4 is 43.5 Å². The maximum atomic E-state index is 12.3. The second-order valence-corrected chi connectivity index (χ2v) is 7.47. The van der Waals surface area contributed by atoms with Crippen molar-refractivity contribution in [3.8, 4) is 0 Å². The van der Waals surface area contributed by atoms with Crippen LogP contribution >= 0.6 is 27.5 Å². The molecule has 0 saturated heterocycles. The van der Waals surface area contributed by atoms with Gasteiger partial charge < -0.3 is 5.32 Å². The summed E-state index contributed by atoms with van der Waals surface area (Å²) in [6.45, 7) is 4.00. The van der Waals surface area contributed by atoms with E-state index < -0.39 is 15.9 Å². The van der Waals surface area contributed by atoms with Gasteiger partial charge in [-0.05, 0) is 40.9 Å². The van der Waals surface area contributed by atoms with Crippen LogP contribution in [0.5, 0.6) is 0 Å². The van der Waals surface area contributed by atoms with E-state index in [2.05, 4.69) is 21.2 Å². The minimum atomic E-state index is -3.94. The number of primary sulfonamides is 1. The Bertz CT molecular complexity index is 635. The first-order valence-electron chi connectivity index (χ1n) is 6.53. The van der Waals surface area contributed by atoms with Gasteiger partial charge in [0.15, 0.2) is 0 Å². The monoisotopic (exact) mass is 396 g/mol. The Morgan fingerprint density at radius 1 is 1.43 bits per heavy atom. The predicted octanol–water partition coefficient (Wildman–Crippen LogP) is 3.06. The minimum absolute atomic E-state index is 0.0279. The molecule has 0 radical (unpaired) electrons. The summed E-state index contributed by atoms with van der Waals surface area (Å²) in [6.07, 6.45) is 2.57. The average molecular weight is 398 g/mol. The van der Waals surface area contributed by atoms with Gasteiger partial charge in [-0.3, -0.25) is 4.79 Å². The van der Waals surface area contributed by atoms with Crippen molar-refractivity contribution in [2.75, 3.05) is 0 Å². The number of hydrogen-bond donors (Lipinski definition) is 2. The van der Waals surface area contributed by atoms with Crippen LogP contribution in [-0.4, -0.2) is 20.4 Å². The van der Waals surface area contributed by atoms with Crippen molar-refractivity contribution in [1.29, 1.82) is 0 Å². The Labute approximate surface area is 138 Å². The maximum absolute atomic E-state index is 12.3. The smallest absolute Gasteiger partial charge is 0.253 e. The molecule has 3 N–H and O–H groups in total. The molecular formula is C13H18BrClN2O3S. The third kappa shape index (κ3) is 4.95. The number of halogens is 2. The first-order chi connectivity index (χ1) is 9.70. The lowest BCUT2D eigenvalue weighted by Crippen LogP contribution is -2.34. The van der Waals surface area contributed by atoms with Crippen molar-refractivity contribution in [2.45, 2.75) is 44.0 Å². The van der Waals surface area contributed by atoms with E-state index in [0.717, 1.165) is 19.3 Å². The first-order valence-corrected chi connectivity index (χ1v) is 9.25. The topological polar surface area (TPSA) is 89.3 Å². The Kier molecular flexibility index (Phi) is 6.65. The Morgan fingerprint density at radius 3 is 2.52 bits per heavy atom. The molecule has 118 valence electrons. The third-order valence-corrected chi connectivity index (χ3v) is 5.22. The number of nitrogens with two attached hydrogens (primary N) is 1. The van der Waals surface area contributed by atoms with Crippen LogP contribution in [-0.2, 0) is 10.0 Å². The molecule has 8 heteroatoms. The quantitative estimate of drug-likeness (QED) is 0.773. The van der Waals surface area contributed by atoms with E-state index >= 15 is 0 Å². The van der Waals surface area contributed by atoms with E-state index in [-0.39, 0.29) is 26.0 Å². The number of amides is 1. The summed E-state index contributed by atoms with van der Waals surface area (Å²) in [7, 11) is -3.94. The van der Waals surface area contributed by atoms with E-state index in [0.29, 0.717) is 0 Å². The van der Waals surface area contributed by atoms with Crippen LogP contribution in [0.3, 0.4) is 0 Å². The molecule has 0 spiro atoms. The van der Waals surface area contributed by atoms with Gasteiger partial charge >= 0.3 is 0 Å². The molecule has 1 rings (SSSR count). The fourth-order valence-electron chi connectivity index (χ4n) is 1.91. The van der Waals surface area contributed by atoms with Gasteiger partial charge in [0.25, 0.3) is 5.91 Å². The van der Waals surface area contributed by atoms with Crippen LogP contribution in [0.4, 0.5) is 0 Å². The van der Waals surface area contributed by atoms with E-state index in [9.17, 15) is 13.2 Å². The van der Waals surface area contributed by atoms with Crippen LogP contribution in [0.15, 0.2) is 21.5 Å². The van der Waals surface area contributed by atoms with Crippen molar-refractivity contribution < 1.29 is 13.2 Å². The Balaban J connectivity index is 3.15. The standard InChI is InChI=1S/C13H18BrClN2O3S/c1-3-5-8(4-2)17-13(18)9-6-12(21(16,19)20)10(14)7-11(9)15/h6-8H,3-5H2,1-2H3,(H,17,18)(H2,16,19,20). The predicted molar refractivity (Wildman–Crippen MR) is 87.0 cm³/mol. The van der Waals surface area contributed by atoms with Crippen LogP contribution in [0, 0.1) is 0 Å². The Hall–Kier alpha value is -0.630. The van der Waals surface area contributed by atoms with E-state index in [1.165, 1.54) is 12.1 Å². The molecule has 21 heavy (non-hydrogen) atoms. The molecule has 1 atom stereocenters. The summed E-state index contributed by atoms with van der Waals surface area (Å²) in [4.78, 5) is 12.1. The second-order valence-electron chi connectivity index (χ2n) is 4.67. The highest BCUT2D eigenvalue weighted by Gasteiger charge is 2.20. The van der Waals surface area contributed by atoms with Crippen molar-refractivity contribution in [2.24, 2.45) is 5.14 Å². The van der Waals surface area contributed by atoms with E-state index in [1.807, 2.05) is 13.8 Å². The van der Waals surface area contributed by atoms with Gasteiger partial charge in [0, 0.05) is 10.5 Å². The molecule has 0 aliphatic heterocycles. The molecule has 0 aliphatic carbocycles. The van der Waals surface area contributed by atoms with Crippen LogP contribution in [0.2, 0.25) is 5.02 Å². The zero-order chi connectivity index (χ0) is 16.2. The number of hydrogen-bond acceptors (Lipinski definition) is 3. The van der Waals surface area contributed by atoms with Gasteiger partial charge in [0.2, 0.25) is 10.0 Å². The number of nitrogens with one attached hydrogen (secondary N) is 1. The van der Waals surface area contributed by atoms with Gasteiger partial charge in [-0.1, -0.05) is 31.9 Å². The molecule has 0 saturated carbocycles. The molecule has 1 unspecified atom stereocenters. The van der Waals surface area contributed by atoms with Gasteiger partial charge in [0.1, 0.15) is 0 Å². The summed E-state index contributed by atoms with van der Waals surface area (Å²) in [5.74, 6) is -0.405. The molecule has 0 heterocycles. The normalized spacial score (nSPS) is 13.0. The first kappa shape index (κ1) is 18.4. The fraction of sp³-hybridized carbons (Fsp3) is 0.462. The lowest BCUT2D eigenvalue weighted by atomic mass is 10.1. The number of carbonyl (C=O) groups excluding carboxylic acids is 1. The molecule has 1 aromatic rings. The van der Waals surface area contributed by atoms with Gasteiger partial charge in [-0.15, -0.1) is 0 Å². The number of sulfonamides is 1.